The van der Waals surface area contributed by atoms with Crippen molar-refractivity contribution >= 4 is 17.7 Å². The Bertz CT molecular complexity index is 501. The Hall–Kier alpha value is -1.08. The summed E-state index contributed by atoms with van der Waals surface area (Å²) in [6.45, 7) is 3.87. The molecule has 0 bridgehead atoms. The van der Waals surface area contributed by atoms with Crippen LogP contribution in [0.25, 0.3) is 0 Å². The van der Waals surface area contributed by atoms with Crippen LogP contribution < -0.4 is 5.32 Å². The van der Waals surface area contributed by atoms with Gasteiger partial charge in [0.25, 0.3) is 0 Å². The van der Waals surface area contributed by atoms with Crippen molar-refractivity contribution in [2.75, 3.05) is 12.9 Å². The Morgan fingerprint density at radius 2 is 2.24 bits per heavy atom. The Kier molecular flexibility index (Phi) is 5.27. The smallest absolute Gasteiger partial charge is 0.325 e. The van der Waals surface area contributed by atoms with Crippen LogP contribution in [0.3, 0.4) is 0 Å². The number of aryl methyl sites for hydroxylation is 1. The first kappa shape index (κ1) is 16.3. The molecule has 1 heterocycles. The summed E-state index contributed by atoms with van der Waals surface area (Å²) in [6, 6.07) is 0.475. The van der Waals surface area contributed by atoms with Gasteiger partial charge in [0.1, 0.15) is 11.4 Å². The molecule has 6 nitrogen and oxygen atoms in total. The topological polar surface area (TPSA) is 69.0 Å². The van der Waals surface area contributed by atoms with Gasteiger partial charge >= 0.3 is 5.97 Å². The summed E-state index contributed by atoms with van der Waals surface area (Å²) in [4.78, 5) is 12.0. The van der Waals surface area contributed by atoms with Gasteiger partial charge < -0.3 is 9.30 Å². The summed E-state index contributed by atoms with van der Waals surface area (Å²) in [5.41, 5.74) is -0.577. The van der Waals surface area contributed by atoms with Gasteiger partial charge in [-0.25, -0.2) is 0 Å². The second kappa shape index (κ2) is 6.79. The van der Waals surface area contributed by atoms with Crippen molar-refractivity contribution < 1.29 is 9.53 Å². The van der Waals surface area contributed by atoms with Crippen LogP contribution in [0.1, 0.15) is 38.4 Å². The third-order valence-corrected chi connectivity index (χ3v) is 4.95. The standard InChI is InChI=1S/C14H24N4O2S/c1-10-16-17-13(18(10)3)21-9-5-8-14(2,12(19)20-4)15-11-6-7-11/h11,15H,5-9H2,1-4H3. The van der Waals surface area contributed by atoms with Gasteiger partial charge in [-0.3, -0.25) is 10.1 Å². The molecule has 1 atom stereocenters. The lowest BCUT2D eigenvalue weighted by Gasteiger charge is -2.28. The molecule has 1 aromatic heterocycles. The van der Waals surface area contributed by atoms with E-state index in [0.29, 0.717) is 6.04 Å². The zero-order valence-corrected chi connectivity index (χ0v) is 14.0. The van der Waals surface area contributed by atoms with E-state index in [1.165, 1.54) is 7.11 Å². The van der Waals surface area contributed by atoms with Gasteiger partial charge in [-0.2, -0.15) is 0 Å². The fourth-order valence-electron chi connectivity index (χ4n) is 2.24. The number of carbonyl (C=O) groups is 1. The Morgan fingerprint density at radius 3 is 2.76 bits per heavy atom. The fraction of sp³-hybridized carbons (Fsp3) is 0.786. The number of rotatable bonds is 8. The average molecular weight is 312 g/mol. The van der Waals surface area contributed by atoms with E-state index in [-0.39, 0.29) is 5.97 Å². The van der Waals surface area contributed by atoms with E-state index in [0.717, 1.165) is 42.4 Å². The maximum atomic E-state index is 12.0. The highest BCUT2D eigenvalue weighted by Crippen LogP contribution is 2.27. The van der Waals surface area contributed by atoms with E-state index in [9.17, 15) is 4.79 Å². The van der Waals surface area contributed by atoms with E-state index < -0.39 is 5.54 Å². The van der Waals surface area contributed by atoms with Crippen LogP contribution >= 0.6 is 11.8 Å². The Morgan fingerprint density at radius 1 is 1.52 bits per heavy atom. The highest BCUT2D eigenvalue weighted by molar-refractivity contribution is 7.99. The number of carbonyl (C=O) groups excluding carboxylic acids is 1. The summed E-state index contributed by atoms with van der Waals surface area (Å²) >= 11 is 1.67. The van der Waals surface area contributed by atoms with Crippen molar-refractivity contribution in [3.05, 3.63) is 5.82 Å². The van der Waals surface area contributed by atoms with Gasteiger partial charge in [-0.1, -0.05) is 11.8 Å². The van der Waals surface area contributed by atoms with Crippen LogP contribution in [-0.2, 0) is 16.6 Å². The summed E-state index contributed by atoms with van der Waals surface area (Å²) in [7, 11) is 3.41. The third-order valence-electron chi connectivity index (χ3n) is 3.84. The second-order valence-electron chi connectivity index (χ2n) is 5.78. The molecule has 1 unspecified atom stereocenters. The summed E-state index contributed by atoms with van der Waals surface area (Å²) in [6.07, 6.45) is 3.99. The van der Waals surface area contributed by atoms with Crippen LogP contribution in [0.2, 0.25) is 0 Å². The van der Waals surface area contributed by atoms with Crippen molar-refractivity contribution in [1.82, 2.24) is 20.1 Å². The molecule has 21 heavy (non-hydrogen) atoms. The lowest BCUT2D eigenvalue weighted by atomic mass is 9.96. The van der Waals surface area contributed by atoms with Gasteiger partial charge in [0.2, 0.25) is 0 Å². The van der Waals surface area contributed by atoms with Crippen molar-refractivity contribution in [2.45, 2.75) is 56.3 Å². The second-order valence-corrected chi connectivity index (χ2v) is 6.85. The first-order valence-electron chi connectivity index (χ1n) is 7.31. The summed E-state index contributed by atoms with van der Waals surface area (Å²) < 4.78 is 6.93. The molecule has 1 aromatic rings. The van der Waals surface area contributed by atoms with E-state index in [1.807, 2.05) is 25.5 Å². The Balaban J connectivity index is 1.81. The number of thioether (sulfide) groups is 1. The number of methoxy groups -OCH3 is 1. The molecule has 0 amide bonds. The van der Waals surface area contributed by atoms with Crippen LogP contribution in [-0.4, -0.2) is 45.2 Å². The largest absolute Gasteiger partial charge is 0.468 e. The SMILES string of the molecule is COC(=O)C(C)(CCCSc1nnc(C)n1C)NC1CC1. The number of hydrogen-bond acceptors (Lipinski definition) is 6. The normalized spacial score (nSPS) is 17.5. The third kappa shape index (κ3) is 4.20. The predicted octanol–water partition coefficient (Wildman–Crippen LogP) is 1.68. The number of nitrogens with zero attached hydrogens (tertiary/aromatic N) is 3. The maximum absolute atomic E-state index is 12.0. The predicted molar refractivity (Wildman–Crippen MR) is 82.3 cm³/mol. The molecular weight excluding hydrogens is 288 g/mol. The van der Waals surface area contributed by atoms with Gasteiger partial charge in [0.05, 0.1) is 7.11 Å². The van der Waals surface area contributed by atoms with Crippen LogP contribution in [0.15, 0.2) is 5.16 Å². The van der Waals surface area contributed by atoms with Crippen molar-refractivity contribution in [3.8, 4) is 0 Å². The number of ether oxygens (including phenoxy) is 1. The molecule has 1 fully saturated rings. The molecule has 7 heteroatoms. The van der Waals surface area contributed by atoms with Crippen molar-refractivity contribution in [2.24, 2.45) is 7.05 Å². The number of nitrogens with one attached hydrogen (secondary N) is 1. The highest BCUT2D eigenvalue weighted by atomic mass is 32.2. The molecule has 0 spiro atoms. The molecule has 1 N–H and O–H groups in total. The van der Waals surface area contributed by atoms with E-state index in [2.05, 4.69) is 15.5 Å². The first-order valence-corrected chi connectivity index (χ1v) is 8.30. The van der Waals surface area contributed by atoms with Gasteiger partial charge in [-0.05, 0) is 39.5 Å². The molecule has 0 aromatic carbocycles. The quantitative estimate of drug-likeness (QED) is 0.447. The zero-order valence-electron chi connectivity index (χ0n) is 13.2. The number of esters is 1. The van der Waals surface area contributed by atoms with E-state index >= 15 is 0 Å². The molecular formula is C14H24N4O2S. The van der Waals surface area contributed by atoms with Gasteiger partial charge in [0, 0.05) is 18.8 Å². The van der Waals surface area contributed by atoms with Crippen LogP contribution in [0.5, 0.6) is 0 Å². The highest BCUT2D eigenvalue weighted by Gasteiger charge is 2.38. The summed E-state index contributed by atoms with van der Waals surface area (Å²) in [5, 5.41) is 12.5. The fourth-order valence-corrected chi connectivity index (χ4v) is 3.13. The molecule has 118 valence electrons. The molecule has 1 aliphatic carbocycles. The average Bonchev–Trinajstić information content (AvgIpc) is 3.22. The first-order chi connectivity index (χ1) is 9.96. The van der Waals surface area contributed by atoms with Crippen LogP contribution in [0, 0.1) is 6.92 Å². The maximum Gasteiger partial charge on any atom is 0.325 e. The van der Waals surface area contributed by atoms with E-state index in [4.69, 9.17) is 4.74 Å². The molecule has 1 aliphatic rings. The summed E-state index contributed by atoms with van der Waals surface area (Å²) in [5.74, 6) is 1.64. The minimum Gasteiger partial charge on any atom is -0.468 e. The van der Waals surface area contributed by atoms with Crippen molar-refractivity contribution in [1.29, 1.82) is 0 Å². The van der Waals surface area contributed by atoms with Crippen molar-refractivity contribution in [3.63, 3.8) is 0 Å². The minimum atomic E-state index is -0.577. The monoisotopic (exact) mass is 312 g/mol. The molecule has 0 radical (unpaired) electrons. The van der Waals surface area contributed by atoms with Gasteiger partial charge in [-0.15, -0.1) is 10.2 Å². The molecule has 0 saturated heterocycles. The van der Waals surface area contributed by atoms with Gasteiger partial charge in [0.15, 0.2) is 5.16 Å². The molecule has 0 aliphatic heterocycles. The lowest BCUT2D eigenvalue weighted by Crippen LogP contribution is -2.51. The minimum absolute atomic E-state index is 0.172. The number of hydrogen-bond donors (Lipinski definition) is 1. The zero-order chi connectivity index (χ0) is 15.5. The lowest BCUT2D eigenvalue weighted by molar-refractivity contribution is -0.148. The Labute approximate surface area is 130 Å². The van der Waals surface area contributed by atoms with Crippen LogP contribution in [0.4, 0.5) is 0 Å². The molecule has 1 saturated carbocycles. The molecule has 2 rings (SSSR count). The number of aromatic nitrogens is 3. The van der Waals surface area contributed by atoms with E-state index in [1.54, 1.807) is 11.8 Å².